The molecule has 4 nitrogen and oxygen atoms in total. The highest BCUT2D eigenvalue weighted by atomic mass is 35.5. The van der Waals surface area contributed by atoms with E-state index in [1.807, 2.05) is 0 Å². The van der Waals surface area contributed by atoms with Crippen LogP contribution in [0.3, 0.4) is 0 Å². The summed E-state index contributed by atoms with van der Waals surface area (Å²) < 4.78 is 0. The molecular weight excluding hydrogens is 250 g/mol. The lowest BCUT2D eigenvalue weighted by molar-refractivity contribution is 0.0924. The summed E-state index contributed by atoms with van der Waals surface area (Å²) in [5.41, 5.74) is 0.484. The third-order valence-corrected chi connectivity index (χ3v) is 3.19. The van der Waals surface area contributed by atoms with E-state index < -0.39 is 0 Å². The van der Waals surface area contributed by atoms with Crippen LogP contribution in [0, 0.1) is 5.92 Å². The molecule has 0 saturated carbocycles. The standard InChI is InChI=1S/C13H20ClN3O/c1-5-11(8(2)3)17-13(18)9-6-10(14)12(15-4)16-7-9/h6-8,11H,5H2,1-4H3,(H,15,16)(H,17,18). The first-order valence-electron chi connectivity index (χ1n) is 6.13. The molecule has 2 N–H and O–H groups in total. The Kier molecular flexibility index (Phi) is 5.41. The van der Waals surface area contributed by atoms with Gasteiger partial charge in [0.25, 0.3) is 5.91 Å². The second-order valence-electron chi connectivity index (χ2n) is 4.54. The van der Waals surface area contributed by atoms with Crippen LogP contribution in [0.25, 0.3) is 0 Å². The van der Waals surface area contributed by atoms with Crippen molar-refractivity contribution in [1.29, 1.82) is 0 Å². The lowest BCUT2D eigenvalue weighted by atomic mass is 10.0. The van der Waals surface area contributed by atoms with Gasteiger partial charge in [0.15, 0.2) is 0 Å². The summed E-state index contributed by atoms with van der Waals surface area (Å²) in [5, 5.41) is 6.29. The highest BCUT2D eigenvalue weighted by molar-refractivity contribution is 6.33. The zero-order valence-electron chi connectivity index (χ0n) is 11.2. The third kappa shape index (κ3) is 3.60. The Hall–Kier alpha value is -1.29. The normalized spacial score (nSPS) is 12.3. The lowest BCUT2D eigenvalue weighted by Gasteiger charge is -2.20. The Morgan fingerprint density at radius 3 is 2.61 bits per heavy atom. The van der Waals surface area contributed by atoms with Crippen molar-refractivity contribution in [2.24, 2.45) is 5.92 Å². The summed E-state index contributed by atoms with van der Waals surface area (Å²) in [7, 11) is 1.74. The number of carbonyl (C=O) groups excluding carboxylic acids is 1. The summed E-state index contributed by atoms with van der Waals surface area (Å²) in [6, 6.07) is 1.79. The van der Waals surface area contributed by atoms with Crippen molar-refractivity contribution in [2.75, 3.05) is 12.4 Å². The van der Waals surface area contributed by atoms with Crippen LogP contribution in [-0.2, 0) is 0 Å². The van der Waals surface area contributed by atoms with Gasteiger partial charge < -0.3 is 10.6 Å². The van der Waals surface area contributed by atoms with Gasteiger partial charge in [-0.15, -0.1) is 0 Å². The average molecular weight is 270 g/mol. The molecule has 0 aliphatic heterocycles. The number of pyridine rings is 1. The maximum absolute atomic E-state index is 12.0. The van der Waals surface area contributed by atoms with Crippen molar-refractivity contribution >= 4 is 23.3 Å². The van der Waals surface area contributed by atoms with Crippen molar-refractivity contribution in [2.45, 2.75) is 33.2 Å². The second-order valence-corrected chi connectivity index (χ2v) is 4.94. The molecule has 1 heterocycles. The topological polar surface area (TPSA) is 54.0 Å². The molecule has 1 unspecified atom stereocenters. The predicted octanol–water partition coefficient (Wildman–Crippen LogP) is 2.94. The molecule has 0 aliphatic rings. The van der Waals surface area contributed by atoms with Crippen molar-refractivity contribution < 1.29 is 4.79 Å². The zero-order chi connectivity index (χ0) is 13.7. The van der Waals surface area contributed by atoms with Crippen LogP contribution in [0.5, 0.6) is 0 Å². The summed E-state index contributed by atoms with van der Waals surface area (Å²) in [6.07, 6.45) is 2.43. The van der Waals surface area contributed by atoms with Gasteiger partial charge in [-0.1, -0.05) is 32.4 Å². The van der Waals surface area contributed by atoms with E-state index in [2.05, 4.69) is 36.4 Å². The summed E-state index contributed by atoms with van der Waals surface area (Å²) in [4.78, 5) is 16.1. The first kappa shape index (κ1) is 14.8. The number of anilines is 1. The minimum absolute atomic E-state index is 0.132. The molecular formula is C13H20ClN3O. The number of hydrogen-bond donors (Lipinski definition) is 2. The van der Waals surface area contributed by atoms with E-state index in [1.165, 1.54) is 6.20 Å². The van der Waals surface area contributed by atoms with E-state index in [0.717, 1.165) is 6.42 Å². The van der Waals surface area contributed by atoms with Gasteiger partial charge in [-0.2, -0.15) is 0 Å². The molecule has 0 fully saturated rings. The maximum atomic E-state index is 12.0. The number of rotatable bonds is 5. The predicted molar refractivity (Wildman–Crippen MR) is 75.2 cm³/mol. The molecule has 0 radical (unpaired) electrons. The Morgan fingerprint density at radius 2 is 2.17 bits per heavy atom. The van der Waals surface area contributed by atoms with Gasteiger partial charge in [-0.3, -0.25) is 4.79 Å². The molecule has 1 rings (SSSR count). The summed E-state index contributed by atoms with van der Waals surface area (Å²) in [5.74, 6) is 0.843. The van der Waals surface area contributed by atoms with E-state index in [9.17, 15) is 4.79 Å². The fraction of sp³-hybridized carbons (Fsp3) is 0.538. The van der Waals surface area contributed by atoms with Crippen LogP contribution in [0.4, 0.5) is 5.82 Å². The molecule has 1 amide bonds. The first-order chi connectivity index (χ1) is 8.49. The van der Waals surface area contributed by atoms with Gasteiger partial charge >= 0.3 is 0 Å². The van der Waals surface area contributed by atoms with Crippen LogP contribution in [-0.4, -0.2) is 24.0 Å². The minimum Gasteiger partial charge on any atom is -0.372 e. The number of nitrogens with one attached hydrogen (secondary N) is 2. The molecule has 0 spiro atoms. The van der Waals surface area contributed by atoms with Crippen LogP contribution >= 0.6 is 11.6 Å². The average Bonchev–Trinajstić information content (AvgIpc) is 2.35. The molecule has 18 heavy (non-hydrogen) atoms. The highest BCUT2D eigenvalue weighted by Crippen LogP contribution is 2.19. The molecule has 0 aromatic carbocycles. The SMILES string of the molecule is CCC(NC(=O)c1cnc(NC)c(Cl)c1)C(C)C. The largest absolute Gasteiger partial charge is 0.372 e. The number of aromatic nitrogens is 1. The quantitative estimate of drug-likeness (QED) is 0.864. The highest BCUT2D eigenvalue weighted by Gasteiger charge is 2.16. The number of hydrogen-bond acceptors (Lipinski definition) is 3. The number of amides is 1. The van der Waals surface area contributed by atoms with Crippen molar-refractivity contribution in [3.05, 3.63) is 22.8 Å². The molecule has 0 saturated heterocycles. The maximum Gasteiger partial charge on any atom is 0.253 e. The lowest BCUT2D eigenvalue weighted by Crippen LogP contribution is -2.38. The Balaban J connectivity index is 2.81. The minimum atomic E-state index is -0.132. The van der Waals surface area contributed by atoms with Crippen LogP contribution in [0.2, 0.25) is 5.02 Å². The van der Waals surface area contributed by atoms with Gasteiger partial charge in [0.2, 0.25) is 0 Å². The molecule has 0 bridgehead atoms. The Morgan fingerprint density at radius 1 is 1.50 bits per heavy atom. The van der Waals surface area contributed by atoms with Crippen molar-refractivity contribution in [3.8, 4) is 0 Å². The van der Waals surface area contributed by atoms with Gasteiger partial charge in [0.1, 0.15) is 5.82 Å². The monoisotopic (exact) mass is 269 g/mol. The fourth-order valence-corrected chi connectivity index (χ4v) is 2.00. The van der Waals surface area contributed by atoms with E-state index in [4.69, 9.17) is 11.6 Å². The van der Waals surface area contributed by atoms with Gasteiger partial charge in [0.05, 0.1) is 10.6 Å². The van der Waals surface area contributed by atoms with E-state index in [-0.39, 0.29) is 11.9 Å². The van der Waals surface area contributed by atoms with E-state index >= 15 is 0 Å². The molecule has 1 aromatic rings. The number of nitrogens with zero attached hydrogens (tertiary/aromatic N) is 1. The van der Waals surface area contributed by atoms with Crippen LogP contribution < -0.4 is 10.6 Å². The molecule has 0 aliphatic carbocycles. The number of carbonyl (C=O) groups is 1. The number of halogens is 1. The third-order valence-electron chi connectivity index (χ3n) is 2.90. The summed E-state index contributed by atoms with van der Waals surface area (Å²) in [6.45, 7) is 6.23. The smallest absolute Gasteiger partial charge is 0.253 e. The van der Waals surface area contributed by atoms with Crippen LogP contribution in [0.1, 0.15) is 37.6 Å². The van der Waals surface area contributed by atoms with Gasteiger partial charge in [-0.25, -0.2) is 4.98 Å². The van der Waals surface area contributed by atoms with Crippen LogP contribution in [0.15, 0.2) is 12.3 Å². The molecule has 1 atom stereocenters. The van der Waals surface area contributed by atoms with E-state index in [0.29, 0.717) is 22.3 Å². The van der Waals surface area contributed by atoms with Gasteiger partial charge in [-0.05, 0) is 18.4 Å². The summed E-state index contributed by atoms with van der Waals surface area (Å²) >= 11 is 6.00. The molecule has 5 heteroatoms. The first-order valence-corrected chi connectivity index (χ1v) is 6.51. The Bertz CT molecular complexity index is 421. The zero-order valence-corrected chi connectivity index (χ0v) is 12.0. The Labute approximate surface area is 113 Å². The van der Waals surface area contributed by atoms with E-state index in [1.54, 1.807) is 13.1 Å². The molecule has 100 valence electrons. The second kappa shape index (κ2) is 6.59. The molecule has 1 aromatic heterocycles. The van der Waals surface area contributed by atoms with Gasteiger partial charge in [0, 0.05) is 19.3 Å². The fourth-order valence-electron chi connectivity index (χ4n) is 1.74. The van der Waals surface area contributed by atoms with Crippen molar-refractivity contribution in [3.63, 3.8) is 0 Å². The van der Waals surface area contributed by atoms with Crippen molar-refractivity contribution in [1.82, 2.24) is 10.3 Å².